The van der Waals surface area contributed by atoms with Gasteiger partial charge in [0, 0.05) is 23.6 Å². The normalized spacial score (nSPS) is 9.65. The Balaban J connectivity index is 2.48. The van der Waals surface area contributed by atoms with E-state index in [9.17, 15) is 14.9 Å². The number of nitrogens with one attached hydrogen (secondary N) is 1. The Kier molecular flexibility index (Phi) is 5.22. The van der Waals surface area contributed by atoms with Crippen molar-refractivity contribution in [2.75, 3.05) is 16.8 Å². The Bertz CT molecular complexity index is 417. The first-order valence-corrected chi connectivity index (χ1v) is 6.02. The highest BCUT2D eigenvalue weighted by molar-refractivity contribution is 8.00. The molecule has 1 aromatic carbocycles. The number of carbonyl (C=O) groups is 1. The maximum Gasteiger partial charge on any atom is 0.269 e. The van der Waals surface area contributed by atoms with Crippen LogP contribution in [0.2, 0.25) is 0 Å². The molecule has 0 aliphatic rings. The monoisotopic (exact) mass is 252 g/mol. The zero-order chi connectivity index (χ0) is 12.7. The van der Waals surface area contributed by atoms with E-state index < -0.39 is 4.92 Å². The molecule has 0 heterocycles. The fourth-order valence-electron chi connectivity index (χ4n) is 1.10. The van der Waals surface area contributed by atoms with Gasteiger partial charge in [-0.25, -0.2) is 0 Å². The average Bonchev–Trinajstić information content (AvgIpc) is 2.30. The number of nitro groups is 1. The molecule has 1 rings (SSSR count). The highest BCUT2D eigenvalue weighted by Crippen LogP contribution is 2.15. The molecule has 0 atom stereocenters. The third-order valence-electron chi connectivity index (χ3n) is 1.83. The third kappa shape index (κ3) is 4.69. The second kappa shape index (κ2) is 6.70. The zero-order valence-corrected chi connectivity index (χ0v) is 9.90. The van der Waals surface area contributed by atoms with E-state index in [1.165, 1.54) is 36.0 Å². The van der Waals surface area contributed by atoms with E-state index in [1.54, 1.807) is 6.08 Å². The van der Waals surface area contributed by atoms with Crippen LogP contribution in [0.15, 0.2) is 36.9 Å². The summed E-state index contributed by atoms with van der Waals surface area (Å²) < 4.78 is 0. The summed E-state index contributed by atoms with van der Waals surface area (Å²) in [4.78, 5) is 21.3. The molecule has 0 spiro atoms. The average molecular weight is 252 g/mol. The summed E-state index contributed by atoms with van der Waals surface area (Å²) in [5.74, 6) is 0.919. The summed E-state index contributed by atoms with van der Waals surface area (Å²) in [6, 6.07) is 5.72. The van der Waals surface area contributed by atoms with Crippen LogP contribution in [0.3, 0.4) is 0 Å². The van der Waals surface area contributed by atoms with Crippen molar-refractivity contribution in [1.82, 2.24) is 0 Å². The van der Waals surface area contributed by atoms with Gasteiger partial charge in [-0.1, -0.05) is 6.08 Å². The highest BCUT2D eigenvalue weighted by atomic mass is 32.2. The first-order chi connectivity index (χ1) is 8.13. The van der Waals surface area contributed by atoms with Crippen molar-refractivity contribution in [2.45, 2.75) is 0 Å². The minimum Gasteiger partial charge on any atom is -0.325 e. The van der Waals surface area contributed by atoms with Gasteiger partial charge < -0.3 is 5.32 Å². The molecular weight excluding hydrogens is 240 g/mol. The van der Waals surface area contributed by atoms with E-state index >= 15 is 0 Å². The molecule has 0 fully saturated rings. The summed E-state index contributed by atoms with van der Waals surface area (Å²) >= 11 is 1.45. The fraction of sp³-hybridized carbons (Fsp3) is 0.182. The SMILES string of the molecule is C=CCSCC(=O)Nc1ccc([N+](=O)[O-])cc1. The lowest BCUT2D eigenvalue weighted by Crippen LogP contribution is -2.14. The Hall–Kier alpha value is -1.82. The number of carbonyl (C=O) groups excluding carboxylic acids is 1. The molecule has 0 aromatic heterocycles. The van der Waals surface area contributed by atoms with Gasteiger partial charge in [-0.05, 0) is 12.1 Å². The molecular formula is C11H12N2O3S. The molecule has 1 aromatic rings. The van der Waals surface area contributed by atoms with Gasteiger partial charge >= 0.3 is 0 Å². The van der Waals surface area contributed by atoms with E-state index in [2.05, 4.69) is 11.9 Å². The highest BCUT2D eigenvalue weighted by Gasteiger charge is 2.06. The van der Waals surface area contributed by atoms with Crippen LogP contribution < -0.4 is 5.32 Å². The minimum atomic E-state index is -0.481. The number of non-ortho nitro benzene ring substituents is 1. The minimum absolute atomic E-state index is 0.00373. The predicted octanol–water partition coefficient (Wildman–Crippen LogP) is 2.45. The molecule has 0 saturated carbocycles. The Morgan fingerprint density at radius 3 is 2.65 bits per heavy atom. The van der Waals surface area contributed by atoms with Gasteiger partial charge in [0.15, 0.2) is 0 Å². The van der Waals surface area contributed by atoms with Gasteiger partial charge in [-0.3, -0.25) is 14.9 Å². The Labute approximate surface area is 103 Å². The topological polar surface area (TPSA) is 72.2 Å². The Morgan fingerprint density at radius 2 is 2.12 bits per heavy atom. The zero-order valence-electron chi connectivity index (χ0n) is 9.09. The fourth-order valence-corrected chi connectivity index (χ4v) is 1.64. The largest absolute Gasteiger partial charge is 0.325 e. The predicted molar refractivity (Wildman–Crippen MR) is 69.2 cm³/mol. The van der Waals surface area contributed by atoms with Crippen LogP contribution in [0.1, 0.15) is 0 Å². The van der Waals surface area contributed by atoms with E-state index in [0.717, 1.165) is 0 Å². The van der Waals surface area contributed by atoms with Gasteiger partial charge in [0.2, 0.25) is 5.91 Å². The van der Waals surface area contributed by atoms with Crippen molar-refractivity contribution < 1.29 is 9.72 Å². The lowest BCUT2D eigenvalue weighted by molar-refractivity contribution is -0.384. The quantitative estimate of drug-likeness (QED) is 0.365. The number of thioether (sulfide) groups is 1. The molecule has 0 bridgehead atoms. The number of hydrogen-bond acceptors (Lipinski definition) is 4. The van der Waals surface area contributed by atoms with Crippen molar-refractivity contribution in [3.8, 4) is 0 Å². The molecule has 90 valence electrons. The van der Waals surface area contributed by atoms with E-state index in [1.807, 2.05) is 0 Å². The van der Waals surface area contributed by atoms with E-state index in [4.69, 9.17) is 0 Å². The summed E-state index contributed by atoms with van der Waals surface area (Å²) in [6.07, 6.45) is 1.73. The smallest absolute Gasteiger partial charge is 0.269 e. The van der Waals surface area contributed by atoms with Gasteiger partial charge in [0.25, 0.3) is 5.69 Å². The van der Waals surface area contributed by atoms with Crippen LogP contribution in [-0.4, -0.2) is 22.3 Å². The van der Waals surface area contributed by atoms with Gasteiger partial charge in [0.1, 0.15) is 0 Å². The van der Waals surface area contributed by atoms with Crippen LogP contribution in [0.4, 0.5) is 11.4 Å². The van der Waals surface area contributed by atoms with Crippen molar-refractivity contribution >= 4 is 29.0 Å². The standard InChI is InChI=1S/C11H12N2O3S/c1-2-7-17-8-11(14)12-9-3-5-10(6-4-9)13(15)16/h2-6H,1,7-8H2,(H,12,14). The molecule has 1 N–H and O–H groups in total. The number of benzene rings is 1. The molecule has 1 amide bonds. The first kappa shape index (κ1) is 13.2. The van der Waals surface area contributed by atoms with Crippen molar-refractivity contribution in [3.63, 3.8) is 0 Å². The van der Waals surface area contributed by atoms with Crippen LogP contribution in [-0.2, 0) is 4.79 Å². The first-order valence-electron chi connectivity index (χ1n) is 4.86. The van der Waals surface area contributed by atoms with E-state index in [0.29, 0.717) is 17.2 Å². The van der Waals surface area contributed by atoms with Gasteiger partial charge in [-0.2, -0.15) is 0 Å². The number of nitrogens with zero attached hydrogens (tertiary/aromatic N) is 1. The molecule has 5 nitrogen and oxygen atoms in total. The second-order valence-corrected chi connectivity index (χ2v) is 4.19. The summed E-state index contributed by atoms with van der Waals surface area (Å²) in [5.41, 5.74) is 0.559. The second-order valence-electron chi connectivity index (χ2n) is 3.16. The lowest BCUT2D eigenvalue weighted by Gasteiger charge is -2.03. The van der Waals surface area contributed by atoms with Crippen LogP contribution in [0.5, 0.6) is 0 Å². The molecule has 0 saturated heterocycles. The van der Waals surface area contributed by atoms with E-state index in [-0.39, 0.29) is 11.6 Å². The summed E-state index contributed by atoms with van der Waals surface area (Å²) in [5, 5.41) is 13.1. The molecule has 17 heavy (non-hydrogen) atoms. The number of anilines is 1. The van der Waals surface area contributed by atoms with Crippen molar-refractivity contribution in [3.05, 3.63) is 47.0 Å². The number of hydrogen-bond donors (Lipinski definition) is 1. The maximum atomic E-state index is 11.4. The lowest BCUT2D eigenvalue weighted by atomic mass is 10.3. The van der Waals surface area contributed by atoms with Crippen LogP contribution in [0, 0.1) is 10.1 Å². The van der Waals surface area contributed by atoms with Crippen molar-refractivity contribution in [2.24, 2.45) is 0 Å². The summed E-state index contributed by atoms with van der Waals surface area (Å²) in [6.45, 7) is 3.55. The Morgan fingerprint density at radius 1 is 1.47 bits per heavy atom. The molecule has 0 radical (unpaired) electrons. The molecule has 6 heteroatoms. The van der Waals surface area contributed by atoms with Crippen LogP contribution in [0.25, 0.3) is 0 Å². The van der Waals surface area contributed by atoms with Gasteiger partial charge in [0.05, 0.1) is 10.7 Å². The van der Waals surface area contributed by atoms with Crippen LogP contribution >= 0.6 is 11.8 Å². The summed E-state index contributed by atoms with van der Waals surface area (Å²) in [7, 11) is 0. The number of rotatable bonds is 6. The molecule has 0 unspecified atom stereocenters. The molecule has 0 aliphatic heterocycles. The molecule has 0 aliphatic carbocycles. The number of amides is 1. The maximum absolute atomic E-state index is 11.4. The van der Waals surface area contributed by atoms with Crippen molar-refractivity contribution in [1.29, 1.82) is 0 Å². The third-order valence-corrected chi connectivity index (χ3v) is 2.77. The van der Waals surface area contributed by atoms with Gasteiger partial charge in [-0.15, -0.1) is 18.3 Å². The number of nitro benzene ring substituents is 1.